The molecule has 17 heavy (non-hydrogen) atoms. The van der Waals surface area contributed by atoms with Gasteiger partial charge in [-0.15, -0.1) is 0 Å². The molecule has 0 saturated heterocycles. The molecule has 7 heteroatoms. The second kappa shape index (κ2) is 5.27. The second-order valence-corrected chi connectivity index (χ2v) is 3.47. The summed E-state index contributed by atoms with van der Waals surface area (Å²) in [6.07, 6.45) is -4.52. The van der Waals surface area contributed by atoms with Gasteiger partial charge in [0.2, 0.25) is 0 Å². The number of carbonyl (C=O) groups is 1. The summed E-state index contributed by atoms with van der Waals surface area (Å²) in [6.45, 7) is -0.478. The molecule has 3 nitrogen and oxygen atoms in total. The standard InChI is InChI=1S/C10H8ClF3O3/c1-16-9(15)5-17-8-3-6(10(12,13)14)2-7(11)4-8/h2-4H,5H2,1H3. The molecule has 0 spiro atoms. The molecule has 0 bridgehead atoms. The lowest BCUT2D eigenvalue weighted by Gasteiger charge is -2.10. The van der Waals surface area contributed by atoms with Crippen LogP contribution in [0.1, 0.15) is 5.56 Å². The Morgan fingerprint density at radius 2 is 2.00 bits per heavy atom. The molecule has 0 N–H and O–H groups in total. The molecular weight excluding hydrogens is 261 g/mol. The van der Waals surface area contributed by atoms with Crippen molar-refractivity contribution in [2.24, 2.45) is 0 Å². The highest BCUT2D eigenvalue weighted by molar-refractivity contribution is 6.30. The summed E-state index contributed by atoms with van der Waals surface area (Å²) in [5.74, 6) is -0.839. The number of hydrogen-bond donors (Lipinski definition) is 0. The van der Waals surface area contributed by atoms with Crippen molar-refractivity contribution in [1.29, 1.82) is 0 Å². The molecule has 0 atom stereocenters. The molecule has 1 rings (SSSR count). The van der Waals surface area contributed by atoms with Crippen LogP contribution in [0.3, 0.4) is 0 Å². The normalized spacial score (nSPS) is 11.1. The Bertz CT molecular complexity index is 418. The minimum atomic E-state index is -4.52. The zero-order valence-electron chi connectivity index (χ0n) is 8.68. The average molecular weight is 269 g/mol. The summed E-state index contributed by atoms with van der Waals surface area (Å²) < 4.78 is 46.3. The van der Waals surface area contributed by atoms with E-state index in [2.05, 4.69) is 4.74 Å². The highest BCUT2D eigenvalue weighted by Gasteiger charge is 2.31. The summed E-state index contributed by atoms with van der Waals surface area (Å²) >= 11 is 5.51. The minimum absolute atomic E-state index is 0.125. The molecule has 0 aromatic heterocycles. The third-order valence-corrected chi connectivity index (χ3v) is 2.00. The highest BCUT2D eigenvalue weighted by Crippen LogP contribution is 2.33. The second-order valence-electron chi connectivity index (χ2n) is 3.04. The molecule has 0 unspecified atom stereocenters. The monoisotopic (exact) mass is 268 g/mol. The van der Waals surface area contributed by atoms with E-state index in [1.165, 1.54) is 6.07 Å². The van der Waals surface area contributed by atoms with E-state index < -0.39 is 24.3 Å². The van der Waals surface area contributed by atoms with Crippen molar-refractivity contribution in [1.82, 2.24) is 0 Å². The Hall–Kier alpha value is -1.43. The third kappa shape index (κ3) is 4.14. The van der Waals surface area contributed by atoms with E-state index in [9.17, 15) is 18.0 Å². The molecule has 0 amide bonds. The van der Waals surface area contributed by atoms with Gasteiger partial charge in [-0.2, -0.15) is 13.2 Å². The van der Waals surface area contributed by atoms with Gasteiger partial charge in [0, 0.05) is 5.02 Å². The Morgan fingerprint density at radius 3 is 2.53 bits per heavy atom. The van der Waals surface area contributed by atoms with Crippen LogP contribution in [0.5, 0.6) is 5.75 Å². The van der Waals surface area contributed by atoms with Gasteiger partial charge in [0.25, 0.3) is 0 Å². The van der Waals surface area contributed by atoms with Gasteiger partial charge in [0.15, 0.2) is 6.61 Å². The first kappa shape index (κ1) is 13.6. The first-order valence-electron chi connectivity index (χ1n) is 4.40. The highest BCUT2D eigenvalue weighted by atomic mass is 35.5. The molecule has 1 aromatic rings. The molecule has 0 aliphatic heterocycles. The molecule has 0 fully saturated rings. The lowest BCUT2D eigenvalue weighted by atomic mass is 10.2. The third-order valence-electron chi connectivity index (χ3n) is 1.78. The quantitative estimate of drug-likeness (QED) is 0.791. The molecule has 1 aromatic carbocycles. The van der Waals surface area contributed by atoms with Gasteiger partial charge in [-0.05, 0) is 18.2 Å². The summed E-state index contributed by atoms with van der Waals surface area (Å²) in [6, 6.07) is 2.71. The fourth-order valence-electron chi connectivity index (χ4n) is 1.01. The van der Waals surface area contributed by atoms with Crippen LogP contribution in [-0.4, -0.2) is 19.7 Å². The first-order valence-corrected chi connectivity index (χ1v) is 4.78. The summed E-state index contributed by atoms with van der Waals surface area (Å²) in [5.41, 5.74) is -0.940. The summed E-state index contributed by atoms with van der Waals surface area (Å²) in [4.78, 5) is 10.7. The van der Waals surface area contributed by atoms with Crippen molar-refractivity contribution in [2.45, 2.75) is 6.18 Å². The van der Waals surface area contributed by atoms with Crippen molar-refractivity contribution < 1.29 is 27.4 Å². The van der Waals surface area contributed by atoms with Crippen molar-refractivity contribution in [3.05, 3.63) is 28.8 Å². The van der Waals surface area contributed by atoms with Crippen LogP contribution in [0.25, 0.3) is 0 Å². The fraction of sp³-hybridized carbons (Fsp3) is 0.300. The van der Waals surface area contributed by atoms with Crippen LogP contribution in [0.15, 0.2) is 18.2 Å². The fourth-order valence-corrected chi connectivity index (χ4v) is 1.24. The van der Waals surface area contributed by atoms with Crippen LogP contribution in [0, 0.1) is 0 Å². The number of hydrogen-bond acceptors (Lipinski definition) is 3. The number of halogens is 4. The SMILES string of the molecule is COC(=O)COc1cc(Cl)cc(C(F)(F)F)c1. The van der Waals surface area contributed by atoms with E-state index >= 15 is 0 Å². The van der Waals surface area contributed by atoms with Gasteiger partial charge in [0.1, 0.15) is 5.75 Å². The largest absolute Gasteiger partial charge is 0.482 e. The number of methoxy groups -OCH3 is 1. The number of alkyl halides is 3. The first-order chi connectivity index (χ1) is 7.82. The van der Waals surface area contributed by atoms with Gasteiger partial charge in [-0.25, -0.2) is 4.79 Å². The van der Waals surface area contributed by atoms with E-state index in [4.69, 9.17) is 16.3 Å². The lowest BCUT2D eigenvalue weighted by Crippen LogP contribution is -2.13. The van der Waals surface area contributed by atoms with Crippen LogP contribution in [0.2, 0.25) is 5.02 Å². The Morgan fingerprint density at radius 1 is 1.35 bits per heavy atom. The van der Waals surface area contributed by atoms with Crippen molar-refractivity contribution in [3.8, 4) is 5.75 Å². The zero-order valence-corrected chi connectivity index (χ0v) is 9.43. The van der Waals surface area contributed by atoms with Crippen LogP contribution < -0.4 is 4.74 Å². The van der Waals surface area contributed by atoms with Gasteiger partial charge in [-0.3, -0.25) is 0 Å². The average Bonchev–Trinajstić information content (AvgIpc) is 2.24. The van der Waals surface area contributed by atoms with E-state index in [1.54, 1.807) is 0 Å². The molecule has 0 heterocycles. The van der Waals surface area contributed by atoms with Crippen LogP contribution in [-0.2, 0) is 15.7 Å². The molecule has 0 radical (unpaired) electrons. The van der Waals surface area contributed by atoms with Crippen molar-refractivity contribution in [2.75, 3.05) is 13.7 Å². The van der Waals surface area contributed by atoms with Crippen molar-refractivity contribution in [3.63, 3.8) is 0 Å². The topological polar surface area (TPSA) is 35.5 Å². The maximum Gasteiger partial charge on any atom is 0.416 e. The molecule has 94 valence electrons. The lowest BCUT2D eigenvalue weighted by molar-refractivity contribution is -0.142. The molecule has 0 aliphatic carbocycles. The minimum Gasteiger partial charge on any atom is -0.482 e. The van der Waals surface area contributed by atoms with Gasteiger partial charge >= 0.3 is 12.1 Å². The zero-order chi connectivity index (χ0) is 13.1. The number of rotatable bonds is 3. The number of benzene rings is 1. The number of carbonyl (C=O) groups excluding carboxylic acids is 1. The van der Waals surface area contributed by atoms with Gasteiger partial charge < -0.3 is 9.47 Å². The number of esters is 1. The number of ether oxygens (including phenoxy) is 2. The Labute approximate surface area is 100 Å². The van der Waals surface area contributed by atoms with E-state index in [0.717, 1.165) is 19.2 Å². The van der Waals surface area contributed by atoms with E-state index in [1.807, 2.05) is 0 Å². The molecule has 0 saturated carbocycles. The molecule has 0 aliphatic rings. The van der Waals surface area contributed by atoms with E-state index in [0.29, 0.717) is 0 Å². The summed E-state index contributed by atoms with van der Waals surface area (Å²) in [5, 5.41) is -0.125. The van der Waals surface area contributed by atoms with Crippen LogP contribution in [0.4, 0.5) is 13.2 Å². The maximum atomic E-state index is 12.4. The predicted octanol–water partition coefficient (Wildman–Crippen LogP) is 2.91. The predicted molar refractivity (Wildman–Crippen MR) is 54.0 cm³/mol. The molecular formula is C10H8ClF3O3. The Balaban J connectivity index is 2.87. The summed E-state index contributed by atoms with van der Waals surface area (Å²) in [7, 11) is 1.14. The maximum absolute atomic E-state index is 12.4. The van der Waals surface area contributed by atoms with Crippen molar-refractivity contribution >= 4 is 17.6 Å². The van der Waals surface area contributed by atoms with E-state index in [-0.39, 0.29) is 10.8 Å². The Kier molecular flexibility index (Phi) is 4.22. The van der Waals surface area contributed by atoms with Gasteiger partial charge in [0.05, 0.1) is 12.7 Å². The van der Waals surface area contributed by atoms with Gasteiger partial charge in [-0.1, -0.05) is 11.6 Å². The smallest absolute Gasteiger partial charge is 0.416 e. The van der Waals surface area contributed by atoms with Crippen LogP contribution >= 0.6 is 11.6 Å².